The zero-order valence-corrected chi connectivity index (χ0v) is 20.6. The van der Waals surface area contributed by atoms with Crippen LogP contribution in [0.1, 0.15) is 75.1 Å². The first-order valence-electron chi connectivity index (χ1n) is 12.8. The van der Waals surface area contributed by atoms with Gasteiger partial charge in [0.05, 0.1) is 18.1 Å². The standard InChI is InChI=1S/C28H34F3NO4/c1-27(15-5-2-6-16-27)24(26(34)35)32-25(33)22-14-11-19-7-3-4-8-21(19)23(22)36-17-18-9-12-20(13-10-18)28(29,30)31/h3-4,7-8,11,14,18,20,24H,2,5-6,9-10,12-13,15-17H2,1H3,(H,32,33)(H,34,35). The second kappa shape index (κ2) is 10.7. The summed E-state index contributed by atoms with van der Waals surface area (Å²) in [5.74, 6) is -2.53. The lowest BCUT2D eigenvalue weighted by Gasteiger charge is -2.38. The molecule has 1 atom stereocenters. The number of benzene rings is 2. The number of nitrogens with one attached hydrogen (secondary N) is 1. The molecule has 196 valence electrons. The highest BCUT2D eigenvalue weighted by molar-refractivity contribution is 6.05. The maximum atomic E-state index is 13.4. The van der Waals surface area contributed by atoms with Gasteiger partial charge in [-0.05, 0) is 61.3 Å². The Bertz CT molecular complexity index is 1090. The first-order valence-corrected chi connectivity index (χ1v) is 12.8. The monoisotopic (exact) mass is 505 g/mol. The molecule has 2 aromatic carbocycles. The van der Waals surface area contributed by atoms with E-state index < -0.39 is 35.4 Å². The molecule has 1 amide bonds. The highest BCUT2D eigenvalue weighted by Crippen LogP contribution is 2.41. The second-order valence-electron chi connectivity index (χ2n) is 10.7. The lowest BCUT2D eigenvalue weighted by atomic mass is 9.70. The van der Waals surface area contributed by atoms with Gasteiger partial charge in [-0.2, -0.15) is 13.2 Å². The van der Waals surface area contributed by atoms with Crippen molar-refractivity contribution in [2.75, 3.05) is 6.61 Å². The molecule has 0 saturated heterocycles. The van der Waals surface area contributed by atoms with Gasteiger partial charge in [0, 0.05) is 5.39 Å². The number of alkyl halides is 3. The van der Waals surface area contributed by atoms with Crippen LogP contribution >= 0.6 is 0 Å². The van der Waals surface area contributed by atoms with Gasteiger partial charge in [-0.15, -0.1) is 0 Å². The SMILES string of the molecule is CC1(C(NC(=O)c2ccc3ccccc3c2OCC2CCC(C(F)(F)F)CC2)C(=O)O)CCCCC1. The third-order valence-electron chi connectivity index (χ3n) is 8.11. The molecule has 2 saturated carbocycles. The molecule has 2 fully saturated rings. The maximum Gasteiger partial charge on any atom is 0.391 e. The van der Waals surface area contributed by atoms with Gasteiger partial charge in [-0.25, -0.2) is 4.79 Å². The molecule has 4 rings (SSSR count). The van der Waals surface area contributed by atoms with Gasteiger partial charge in [0.25, 0.3) is 5.91 Å². The number of halogens is 3. The predicted molar refractivity (Wildman–Crippen MR) is 131 cm³/mol. The average molecular weight is 506 g/mol. The van der Waals surface area contributed by atoms with E-state index in [-0.39, 0.29) is 30.9 Å². The largest absolute Gasteiger partial charge is 0.492 e. The molecule has 8 heteroatoms. The van der Waals surface area contributed by atoms with Crippen LogP contribution < -0.4 is 10.1 Å². The minimum absolute atomic E-state index is 0.0357. The lowest BCUT2D eigenvalue weighted by molar-refractivity contribution is -0.184. The van der Waals surface area contributed by atoms with Crippen LogP contribution in [-0.2, 0) is 4.79 Å². The fraction of sp³-hybridized carbons (Fsp3) is 0.571. The number of rotatable bonds is 7. The van der Waals surface area contributed by atoms with E-state index in [0.717, 1.165) is 37.5 Å². The van der Waals surface area contributed by atoms with Crippen LogP contribution in [0.2, 0.25) is 0 Å². The predicted octanol–water partition coefficient (Wildman–Crippen LogP) is 6.74. The van der Waals surface area contributed by atoms with Crippen molar-refractivity contribution in [2.45, 2.75) is 76.9 Å². The van der Waals surface area contributed by atoms with Crippen molar-refractivity contribution < 1.29 is 32.6 Å². The van der Waals surface area contributed by atoms with Crippen LogP contribution in [0.5, 0.6) is 5.75 Å². The third kappa shape index (κ3) is 5.79. The van der Waals surface area contributed by atoms with Crippen LogP contribution in [0.4, 0.5) is 13.2 Å². The second-order valence-corrected chi connectivity index (χ2v) is 10.7. The van der Waals surface area contributed by atoms with Crippen LogP contribution in [0, 0.1) is 17.3 Å². The fourth-order valence-electron chi connectivity index (χ4n) is 5.83. The number of ether oxygens (including phenoxy) is 1. The summed E-state index contributed by atoms with van der Waals surface area (Å²) in [4.78, 5) is 25.6. The Hall–Kier alpha value is -2.77. The quantitative estimate of drug-likeness (QED) is 0.437. The molecule has 0 aromatic heterocycles. The Kier molecular flexibility index (Phi) is 7.81. The van der Waals surface area contributed by atoms with E-state index in [1.165, 1.54) is 0 Å². The molecule has 0 radical (unpaired) electrons. The van der Waals surface area contributed by atoms with Gasteiger partial charge >= 0.3 is 12.1 Å². The molecule has 2 aliphatic carbocycles. The summed E-state index contributed by atoms with van der Waals surface area (Å²) in [5.41, 5.74) is -0.294. The number of carbonyl (C=O) groups excluding carboxylic acids is 1. The van der Waals surface area contributed by atoms with E-state index in [2.05, 4.69) is 5.32 Å². The third-order valence-corrected chi connectivity index (χ3v) is 8.11. The van der Waals surface area contributed by atoms with E-state index >= 15 is 0 Å². The van der Waals surface area contributed by atoms with E-state index in [9.17, 15) is 27.9 Å². The number of carbonyl (C=O) groups is 2. The minimum atomic E-state index is -4.16. The zero-order valence-electron chi connectivity index (χ0n) is 20.6. The fourth-order valence-corrected chi connectivity index (χ4v) is 5.83. The average Bonchev–Trinajstić information content (AvgIpc) is 2.85. The lowest BCUT2D eigenvalue weighted by Crippen LogP contribution is -2.52. The first-order chi connectivity index (χ1) is 17.1. The Morgan fingerprint density at radius 1 is 1.06 bits per heavy atom. The van der Waals surface area contributed by atoms with E-state index in [1.54, 1.807) is 12.1 Å². The van der Waals surface area contributed by atoms with Crippen molar-refractivity contribution in [3.63, 3.8) is 0 Å². The van der Waals surface area contributed by atoms with Crippen molar-refractivity contribution in [1.29, 1.82) is 0 Å². The zero-order chi connectivity index (χ0) is 25.9. The van der Waals surface area contributed by atoms with Crippen LogP contribution in [0.25, 0.3) is 10.8 Å². The summed E-state index contributed by atoms with van der Waals surface area (Å²) in [6.45, 7) is 2.12. The highest BCUT2D eigenvalue weighted by atomic mass is 19.4. The molecule has 0 bridgehead atoms. The number of hydrogen-bond acceptors (Lipinski definition) is 3. The molecule has 2 aromatic rings. The topological polar surface area (TPSA) is 75.6 Å². The Balaban J connectivity index is 1.55. The van der Waals surface area contributed by atoms with Crippen molar-refractivity contribution in [3.8, 4) is 5.75 Å². The number of carboxylic acids is 1. The molecule has 2 N–H and O–H groups in total. The van der Waals surface area contributed by atoms with Gasteiger partial charge < -0.3 is 15.2 Å². The summed E-state index contributed by atoms with van der Waals surface area (Å²) in [6, 6.07) is 9.82. The summed E-state index contributed by atoms with van der Waals surface area (Å²) in [5, 5.41) is 14.3. The van der Waals surface area contributed by atoms with Crippen LogP contribution in [0.3, 0.4) is 0 Å². The smallest absolute Gasteiger partial charge is 0.391 e. The highest BCUT2D eigenvalue weighted by Gasteiger charge is 2.42. The Labute approximate surface area is 209 Å². The maximum absolute atomic E-state index is 13.4. The molecular weight excluding hydrogens is 471 g/mol. The van der Waals surface area contributed by atoms with E-state index in [4.69, 9.17) is 4.74 Å². The summed E-state index contributed by atoms with van der Waals surface area (Å²) in [7, 11) is 0. The van der Waals surface area contributed by atoms with Crippen molar-refractivity contribution in [2.24, 2.45) is 17.3 Å². The molecular formula is C28H34F3NO4. The first kappa shape index (κ1) is 26.3. The summed E-state index contributed by atoms with van der Waals surface area (Å²) >= 11 is 0. The van der Waals surface area contributed by atoms with Gasteiger partial charge in [-0.1, -0.05) is 56.5 Å². The summed E-state index contributed by atoms with van der Waals surface area (Å²) < 4.78 is 45.3. The Morgan fingerprint density at radius 3 is 2.36 bits per heavy atom. The molecule has 36 heavy (non-hydrogen) atoms. The van der Waals surface area contributed by atoms with Gasteiger partial charge in [-0.3, -0.25) is 4.79 Å². The number of fused-ring (bicyclic) bond motifs is 1. The van der Waals surface area contributed by atoms with Crippen LogP contribution in [-0.4, -0.2) is 35.8 Å². The number of hydrogen-bond donors (Lipinski definition) is 2. The van der Waals surface area contributed by atoms with Gasteiger partial charge in [0.2, 0.25) is 0 Å². The Morgan fingerprint density at radius 2 is 1.72 bits per heavy atom. The van der Waals surface area contributed by atoms with E-state index in [0.29, 0.717) is 24.0 Å². The van der Waals surface area contributed by atoms with Crippen molar-refractivity contribution in [1.82, 2.24) is 5.32 Å². The van der Waals surface area contributed by atoms with Crippen LogP contribution in [0.15, 0.2) is 36.4 Å². The van der Waals surface area contributed by atoms with E-state index in [1.807, 2.05) is 31.2 Å². The molecule has 0 heterocycles. The van der Waals surface area contributed by atoms with Crippen molar-refractivity contribution >= 4 is 22.6 Å². The normalized spacial score (nSPS) is 23.1. The molecule has 5 nitrogen and oxygen atoms in total. The minimum Gasteiger partial charge on any atom is -0.492 e. The number of carboxylic acid groups (broad SMARTS) is 1. The summed E-state index contributed by atoms with van der Waals surface area (Å²) in [6.07, 6.45) is 1.20. The molecule has 0 aliphatic heterocycles. The van der Waals surface area contributed by atoms with Crippen molar-refractivity contribution in [3.05, 3.63) is 42.0 Å². The number of amides is 1. The van der Waals surface area contributed by atoms with Gasteiger partial charge in [0.15, 0.2) is 0 Å². The molecule has 1 unspecified atom stereocenters. The molecule has 2 aliphatic rings. The van der Waals surface area contributed by atoms with Gasteiger partial charge in [0.1, 0.15) is 11.8 Å². The molecule has 0 spiro atoms. The number of aliphatic carboxylic acids is 1.